The summed E-state index contributed by atoms with van der Waals surface area (Å²) in [6, 6.07) is 0. The van der Waals surface area contributed by atoms with Gasteiger partial charge in [0.15, 0.2) is 6.29 Å². The van der Waals surface area contributed by atoms with Gasteiger partial charge in [-0.3, -0.25) is 0 Å². The van der Waals surface area contributed by atoms with Crippen molar-refractivity contribution in [3.05, 3.63) is 0 Å². The van der Waals surface area contributed by atoms with Gasteiger partial charge in [0, 0.05) is 5.92 Å². The Bertz CT molecular complexity index is 154. The molecule has 2 fully saturated rings. The molecule has 2 heterocycles. The molecule has 0 bridgehead atoms. The van der Waals surface area contributed by atoms with Gasteiger partial charge in [-0.1, -0.05) is 6.92 Å². The predicted molar refractivity (Wildman–Crippen MR) is 45.4 cm³/mol. The average Bonchev–Trinajstić information content (AvgIpc) is 2.97. The molecule has 0 saturated carbocycles. The first kappa shape index (κ1) is 9.40. The van der Waals surface area contributed by atoms with Gasteiger partial charge in [0.05, 0.1) is 26.4 Å². The van der Waals surface area contributed by atoms with Crippen molar-refractivity contribution in [3.63, 3.8) is 0 Å². The molecule has 2 aliphatic heterocycles. The smallest absolute Gasteiger partial charge is 0.181 e. The molecule has 0 spiro atoms. The summed E-state index contributed by atoms with van der Waals surface area (Å²) in [6.45, 7) is 5.91. The van der Waals surface area contributed by atoms with Gasteiger partial charge >= 0.3 is 0 Å². The van der Waals surface area contributed by atoms with E-state index in [1.54, 1.807) is 0 Å². The van der Waals surface area contributed by atoms with Gasteiger partial charge in [0.2, 0.25) is 0 Å². The molecule has 0 N–H and O–H groups in total. The van der Waals surface area contributed by atoms with E-state index < -0.39 is 0 Å². The van der Waals surface area contributed by atoms with Crippen molar-refractivity contribution in [1.29, 1.82) is 0 Å². The summed E-state index contributed by atoms with van der Waals surface area (Å²) in [4.78, 5) is 0. The average molecular weight is 188 g/mol. The molecule has 0 radical (unpaired) electrons. The molecule has 0 amide bonds. The van der Waals surface area contributed by atoms with Crippen LogP contribution in [-0.4, -0.2) is 45.4 Å². The van der Waals surface area contributed by atoms with Crippen molar-refractivity contribution in [1.82, 2.24) is 0 Å². The van der Waals surface area contributed by atoms with Crippen LogP contribution in [0.25, 0.3) is 0 Å². The summed E-state index contributed by atoms with van der Waals surface area (Å²) in [5, 5.41) is 0. The van der Waals surface area contributed by atoms with E-state index in [-0.39, 0.29) is 6.29 Å². The molecule has 2 aliphatic rings. The molecule has 3 atom stereocenters. The van der Waals surface area contributed by atoms with Crippen LogP contribution in [-0.2, 0) is 18.9 Å². The summed E-state index contributed by atoms with van der Waals surface area (Å²) in [7, 11) is 0. The Morgan fingerprint density at radius 2 is 2.08 bits per heavy atom. The quantitative estimate of drug-likeness (QED) is 0.543. The van der Waals surface area contributed by atoms with Crippen molar-refractivity contribution in [2.75, 3.05) is 33.0 Å². The zero-order chi connectivity index (χ0) is 9.10. The van der Waals surface area contributed by atoms with Crippen molar-refractivity contribution < 1.29 is 18.9 Å². The van der Waals surface area contributed by atoms with Crippen LogP contribution >= 0.6 is 0 Å². The normalized spacial score (nSPS) is 33.0. The minimum Gasteiger partial charge on any atom is -0.378 e. The van der Waals surface area contributed by atoms with Crippen LogP contribution in [0.3, 0.4) is 0 Å². The van der Waals surface area contributed by atoms with Crippen LogP contribution in [0.4, 0.5) is 0 Å². The van der Waals surface area contributed by atoms with Gasteiger partial charge in [0.1, 0.15) is 12.7 Å². The molecule has 0 aromatic carbocycles. The fourth-order valence-electron chi connectivity index (χ4n) is 1.02. The molecular formula is C9H16O4. The number of ether oxygens (including phenoxy) is 4. The first-order valence-corrected chi connectivity index (χ1v) is 4.77. The molecule has 3 unspecified atom stereocenters. The molecule has 13 heavy (non-hydrogen) atoms. The minimum absolute atomic E-state index is 0.0641. The second-order valence-electron chi connectivity index (χ2n) is 3.69. The molecule has 76 valence electrons. The largest absolute Gasteiger partial charge is 0.378 e. The summed E-state index contributed by atoms with van der Waals surface area (Å²) < 4.78 is 20.7. The number of hydrogen-bond acceptors (Lipinski definition) is 4. The van der Waals surface area contributed by atoms with Gasteiger partial charge in [-0.15, -0.1) is 0 Å². The van der Waals surface area contributed by atoms with Crippen LogP contribution in [0.1, 0.15) is 6.92 Å². The zero-order valence-corrected chi connectivity index (χ0v) is 7.90. The van der Waals surface area contributed by atoms with E-state index in [1.165, 1.54) is 0 Å². The monoisotopic (exact) mass is 188 g/mol. The maximum Gasteiger partial charge on any atom is 0.181 e. The first-order chi connectivity index (χ1) is 6.34. The summed E-state index contributed by atoms with van der Waals surface area (Å²) in [5.41, 5.74) is 0. The van der Waals surface area contributed by atoms with Crippen LogP contribution in [0.5, 0.6) is 0 Å². The van der Waals surface area contributed by atoms with Crippen LogP contribution in [0.2, 0.25) is 0 Å². The Morgan fingerprint density at radius 3 is 2.69 bits per heavy atom. The third kappa shape index (κ3) is 4.04. The van der Waals surface area contributed by atoms with Gasteiger partial charge < -0.3 is 18.9 Å². The minimum atomic E-state index is 0.0641. The Balaban J connectivity index is 1.42. The number of hydrogen-bond donors (Lipinski definition) is 0. The molecule has 2 rings (SSSR count). The molecular weight excluding hydrogens is 172 g/mol. The highest BCUT2D eigenvalue weighted by molar-refractivity contribution is 4.67. The first-order valence-electron chi connectivity index (χ1n) is 4.77. The van der Waals surface area contributed by atoms with E-state index in [0.717, 1.165) is 33.0 Å². The SMILES string of the molecule is CC(COCC1CO1)COC1CO1. The zero-order valence-electron chi connectivity index (χ0n) is 7.90. The summed E-state index contributed by atoms with van der Waals surface area (Å²) in [6.07, 6.45) is 0.425. The Labute approximate surface area is 78.1 Å². The molecule has 4 nitrogen and oxygen atoms in total. The third-order valence-electron chi connectivity index (χ3n) is 1.98. The van der Waals surface area contributed by atoms with Gasteiger partial charge in [-0.25, -0.2) is 0 Å². The fourth-order valence-corrected chi connectivity index (χ4v) is 1.02. The lowest BCUT2D eigenvalue weighted by atomic mass is 10.2. The van der Waals surface area contributed by atoms with E-state index in [2.05, 4.69) is 6.92 Å². The maximum atomic E-state index is 5.43. The van der Waals surface area contributed by atoms with E-state index in [4.69, 9.17) is 18.9 Å². The van der Waals surface area contributed by atoms with E-state index in [9.17, 15) is 0 Å². The number of rotatable bonds is 7. The highest BCUT2D eigenvalue weighted by atomic mass is 16.8. The molecule has 0 aromatic heterocycles. The highest BCUT2D eigenvalue weighted by Gasteiger charge is 2.24. The van der Waals surface area contributed by atoms with Gasteiger partial charge in [-0.2, -0.15) is 0 Å². The Morgan fingerprint density at radius 1 is 1.31 bits per heavy atom. The molecule has 2 saturated heterocycles. The van der Waals surface area contributed by atoms with E-state index in [1.807, 2.05) is 0 Å². The summed E-state index contributed by atoms with van der Waals surface area (Å²) in [5.74, 6) is 0.433. The predicted octanol–water partition coefficient (Wildman–Crippen LogP) is 0.411. The topological polar surface area (TPSA) is 43.5 Å². The molecule has 0 aromatic rings. The van der Waals surface area contributed by atoms with Crippen LogP contribution in [0, 0.1) is 5.92 Å². The van der Waals surface area contributed by atoms with Gasteiger partial charge in [-0.05, 0) is 0 Å². The lowest BCUT2D eigenvalue weighted by Crippen LogP contribution is -2.15. The van der Waals surface area contributed by atoms with Crippen molar-refractivity contribution >= 4 is 0 Å². The van der Waals surface area contributed by atoms with Crippen molar-refractivity contribution in [3.8, 4) is 0 Å². The lowest BCUT2D eigenvalue weighted by Gasteiger charge is -2.10. The molecule has 4 heteroatoms. The van der Waals surface area contributed by atoms with Crippen LogP contribution < -0.4 is 0 Å². The van der Waals surface area contributed by atoms with Crippen molar-refractivity contribution in [2.24, 2.45) is 5.92 Å². The standard InChI is InChI=1S/C9H16O4/c1-7(3-12-9-6-13-9)2-10-4-8-5-11-8/h7-9H,2-6H2,1H3. The van der Waals surface area contributed by atoms with Crippen molar-refractivity contribution in [2.45, 2.75) is 19.3 Å². The Hall–Kier alpha value is -0.160. The fraction of sp³-hybridized carbons (Fsp3) is 1.00. The third-order valence-corrected chi connectivity index (χ3v) is 1.98. The molecule has 0 aliphatic carbocycles. The second kappa shape index (κ2) is 4.37. The Kier molecular flexibility index (Phi) is 3.16. The maximum absolute atomic E-state index is 5.43. The second-order valence-corrected chi connectivity index (χ2v) is 3.69. The lowest BCUT2D eigenvalue weighted by molar-refractivity contribution is 0.00300. The summed E-state index contributed by atoms with van der Waals surface area (Å²) >= 11 is 0. The van der Waals surface area contributed by atoms with E-state index >= 15 is 0 Å². The number of epoxide rings is 2. The highest BCUT2D eigenvalue weighted by Crippen LogP contribution is 2.13. The van der Waals surface area contributed by atoms with E-state index in [0.29, 0.717) is 12.0 Å². The van der Waals surface area contributed by atoms with Gasteiger partial charge in [0.25, 0.3) is 0 Å². The van der Waals surface area contributed by atoms with Crippen LogP contribution in [0.15, 0.2) is 0 Å².